The van der Waals surface area contributed by atoms with E-state index in [2.05, 4.69) is 18.2 Å². The zero-order valence-electron chi connectivity index (χ0n) is 35.9. The average molecular weight is 865 g/mol. The number of fused-ring (bicyclic) bond motifs is 6. The average Bonchev–Trinajstić information content (AvgIpc) is 3.32. The van der Waals surface area contributed by atoms with Crippen LogP contribution in [0.2, 0.25) is 0 Å². The molecule has 0 radical (unpaired) electrons. The minimum absolute atomic E-state index is 0.0755. The molecule has 1 aliphatic heterocycles. The van der Waals surface area contributed by atoms with Crippen LogP contribution in [0.5, 0.6) is 34.5 Å². The first-order chi connectivity index (χ1) is 32.0. The first-order valence-corrected chi connectivity index (χ1v) is 22.1. The smallest absolute Gasteiger partial charge is 0.349 e. The Balaban J connectivity index is 1.04. The van der Waals surface area contributed by atoms with Crippen molar-refractivity contribution < 1.29 is 43.4 Å². The SMILES string of the molecule is O=C(COc1c2cccc1Cc1cccc3c1OCCOCCOCCOc1c(cccc1C3)Cc1cccc(c1O)C2)Oc1ccc2ccccc2c1-c1c(O)ccc2ccccc12. The number of para-hydroxylation sites is 4. The minimum atomic E-state index is -0.617. The Kier molecular flexibility index (Phi) is 12.0. The van der Waals surface area contributed by atoms with Crippen LogP contribution in [0.4, 0.5) is 0 Å². The number of ether oxygens (including phenoxy) is 6. The van der Waals surface area contributed by atoms with Crippen molar-refractivity contribution >= 4 is 27.5 Å². The van der Waals surface area contributed by atoms with Crippen molar-refractivity contribution in [3.8, 4) is 45.6 Å². The van der Waals surface area contributed by atoms with Gasteiger partial charge in [-0.3, -0.25) is 0 Å². The molecule has 9 nitrogen and oxygen atoms in total. The third-order valence-electron chi connectivity index (χ3n) is 12.2. The lowest BCUT2D eigenvalue weighted by molar-refractivity contribution is -0.136. The predicted octanol–water partition coefficient (Wildman–Crippen LogP) is 10.5. The van der Waals surface area contributed by atoms with E-state index >= 15 is 0 Å². The van der Waals surface area contributed by atoms with E-state index in [0.29, 0.717) is 93.5 Å². The molecular weight excluding hydrogens is 817 g/mol. The third kappa shape index (κ3) is 8.81. The van der Waals surface area contributed by atoms with E-state index < -0.39 is 12.6 Å². The molecule has 0 spiro atoms. The van der Waals surface area contributed by atoms with Crippen molar-refractivity contribution in [1.82, 2.24) is 0 Å². The second kappa shape index (κ2) is 18.8. The van der Waals surface area contributed by atoms with Gasteiger partial charge in [0, 0.05) is 36.8 Å². The molecule has 0 saturated carbocycles. The van der Waals surface area contributed by atoms with E-state index in [1.54, 1.807) is 12.1 Å². The third-order valence-corrected chi connectivity index (χ3v) is 12.2. The number of esters is 1. The molecule has 10 bridgehead atoms. The Hall–Kier alpha value is -7.33. The van der Waals surface area contributed by atoms with Crippen LogP contribution < -0.4 is 18.9 Å². The standard InChI is InChI=1S/C56H48O9/c57-48-23-21-36-9-1-3-19-46(36)51(48)52-47-20-4-2-10-37(47)22-24-49(52)65-50(58)35-64-56-41-14-7-18-45(56)34-44-17-8-16-43-33-42-15-6-13-40(31-38-11-5-12-39(32-41)53(38)59)54(42)62-29-27-60-25-26-61-28-30-63-55(43)44/h1-24,57,59H,25-35H2. The van der Waals surface area contributed by atoms with E-state index in [9.17, 15) is 15.0 Å². The van der Waals surface area contributed by atoms with E-state index in [0.717, 1.165) is 72.0 Å². The predicted molar refractivity (Wildman–Crippen MR) is 251 cm³/mol. The number of hydrogen-bond acceptors (Lipinski definition) is 9. The molecular formula is C56H48O9. The van der Waals surface area contributed by atoms with Crippen molar-refractivity contribution in [3.63, 3.8) is 0 Å². The first kappa shape index (κ1) is 41.7. The van der Waals surface area contributed by atoms with Crippen LogP contribution in [0.1, 0.15) is 44.5 Å². The van der Waals surface area contributed by atoms with Crippen LogP contribution in [0.3, 0.4) is 0 Å². The molecule has 0 amide bonds. The minimum Gasteiger partial charge on any atom is -0.507 e. The number of rotatable bonds is 5. The molecule has 10 rings (SSSR count). The Morgan fingerprint density at radius 2 is 0.908 bits per heavy atom. The van der Waals surface area contributed by atoms with Crippen LogP contribution >= 0.6 is 0 Å². The highest BCUT2D eigenvalue weighted by atomic mass is 16.6. The molecule has 0 unspecified atom stereocenters. The monoisotopic (exact) mass is 864 g/mol. The number of benzene rings is 8. The largest absolute Gasteiger partial charge is 0.507 e. The topological polar surface area (TPSA) is 113 Å². The molecule has 1 aliphatic carbocycles. The number of carbonyl (C=O) groups excluding carboxylic acids is 1. The quantitative estimate of drug-likeness (QED) is 0.129. The lowest BCUT2D eigenvalue weighted by Gasteiger charge is -2.22. The fourth-order valence-electron chi connectivity index (χ4n) is 9.18. The highest BCUT2D eigenvalue weighted by molar-refractivity contribution is 6.10. The maximum absolute atomic E-state index is 14.2. The van der Waals surface area contributed by atoms with Gasteiger partial charge in [0.25, 0.3) is 0 Å². The summed E-state index contributed by atoms with van der Waals surface area (Å²) in [6.45, 7) is 1.95. The summed E-state index contributed by atoms with van der Waals surface area (Å²) in [6, 6.07) is 47.0. The summed E-state index contributed by atoms with van der Waals surface area (Å²) in [5.41, 5.74) is 8.14. The van der Waals surface area contributed by atoms with Gasteiger partial charge in [-0.2, -0.15) is 0 Å². The summed E-state index contributed by atoms with van der Waals surface area (Å²) < 4.78 is 37.7. The second-order valence-corrected chi connectivity index (χ2v) is 16.4. The Labute approximate surface area is 377 Å². The second-order valence-electron chi connectivity index (χ2n) is 16.4. The van der Waals surface area contributed by atoms with Crippen LogP contribution in [0.15, 0.2) is 146 Å². The summed E-state index contributed by atoms with van der Waals surface area (Å²) in [5, 5.41) is 26.9. The van der Waals surface area contributed by atoms with E-state index in [-0.39, 0.29) is 11.5 Å². The van der Waals surface area contributed by atoms with Gasteiger partial charge in [-0.05, 0) is 78.2 Å². The molecule has 0 aromatic heterocycles. The number of phenols is 2. The molecule has 8 aromatic rings. The van der Waals surface area contributed by atoms with Crippen molar-refractivity contribution in [1.29, 1.82) is 0 Å². The van der Waals surface area contributed by atoms with Gasteiger partial charge in [0.2, 0.25) is 0 Å². The number of aromatic hydroxyl groups is 2. The highest BCUT2D eigenvalue weighted by Gasteiger charge is 2.24. The normalized spacial score (nSPS) is 14.2. The van der Waals surface area contributed by atoms with Gasteiger partial charge in [-0.15, -0.1) is 0 Å². The lowest BCUT2D eigenvalue weighted by Crippen LogP contribution is -2.19. The molecule has 0 fully saturated rings. The van der Waals surface area contributed by atoms with Gasteiger partial charge in [-0.25, -0.2) is 4.79 Å². The molecule has 0 atom stereocenters. The highest BCUT2D eigenvalue weighted by Crippen LogP contribution is 2.45. The van der Waals surface area contributed by atoms with Crippen molar-refractivity contribution in [2.45, 2.75) is 25.7 Å². The van der Waals surface area contributed by atoms with Gasteiger partial charge in [0.05, 0.1) is 26.4 Å². The molecule has 65 heavy (non-hydrogen) atoms. The lowest BCUT2D eigenvalue weighted by atomic mass is 9.91. The summed E-state index contributed by atoms with van der Waals surface area (Å²) >= 11 is 0. The van der Waals surface area contributed by atoms with Gasteiger partial charge in [0.15, 0.2) is 6.61 Å². The zero-order valence-corrected chi connectivity index (χ0v) is 35.9. The molecule has 9 heteroatoms. The van der Waals surface area contributed by atoms with Crippen molar-refractivity contribution in [3.05, 3.63) is 190 Å². The zero-order chi connectivity index (χ0) is 44.1. The fraction of sp³-hybridized carbons (Fsp3) is 0.196. The number of phenolic OH excluding ortho intramolecular Hbond substituents is 2. The molecule has 1 heterocycles. The summed E-state index contributed by atoms with van der Waals surface area (Å²) in [7, 11) is 0. The van der Waals surface area contributed by atoms with Gasteiger partial charge in [0.1, 0.15) is 47.7 Å². The van der Waals surface area contributed by atoms with Crippen molar-refractivity contribution in [2.24, 2.45) is 0 Å². The number of carbonyl (C=O) groups is 1. The van der Waals surface area contributed by atoms with E-state index in [1.807, 2.05) is 115 Å². The van der Waals surface area contributed by atoms with Crippen LogP contribution in [0, 0.1) is 0 Å². The molecule has 0 saturated heterocycles. The molecule has 2 aliphatic rings. The Morgan fingerprint density at radius 1 is 0.462 bits per heavy atom. The first-order valence-electron chi connectivity index (χ1n) is 22.1. The van der Waals surface area contributed by atoms with Gasteiger partial charge in [-0.1, -0.05) is 133 Å². The maximum Gasteiger partial charge on any atom is 0.349 e. The summed E-state index contributed by atoms with van der Waals surface area (Å²) in [4.78, 5) is 14.2. The van der Waals surface area contributed by atoms with E-state index in [1.165, 1.54) is 0 Å². The van der Waals surface area contributed by atoms with Crippen LogP contribution in [0.25, 0.3) is 32.7 Å². The molecule has 2 N–H and O–H groups in total. The summed E-state index contributed by atoms with van der Waals surface area (Å²) in [5.74, 6) is 1.99. The van der Waals surface area contributed by atoms with Crippen molar-refractivity contribution in [2.75, 3.05) is 46.2 Å². The van der Waals surface area contributed by atoms with Crippen LogP contribution in [-0.2, 0) is 40.0 Å². The van der Waals surface area contributed by atoms with Gasteiger partial charge >= 0.3 is 5.97 Å². The summed E-state index contributed by atoms with van der Waals surface area (Å²) in [6.07, 6.45) is 1.71. The van der Waals surface area contributed by atoms with Gasteiger partial charge < -0.3 is 38.6 Å². The Morgan fingerprint density at radius 3 is 1.49 bits per heavy atom. The molecule has 326 valence electrons. The maximum atomic E-state index is 14.2. The number of hydrogen-bond donors (Lipinski definition) is 2. The van der Waals surface area contributed by atoms with Crippen LogP contribution in [-0.4, -0.2) is 62.4 Å². The van der Waals surface area contributed by atoms with E-state index in [4.69, 9.17) is 28.4 Å². The fourth-order valence-corrected chi connectivity index (χ4v) is 9.18. The Bertz CT molecular complexity index is 3050. The molecule has 8 aromatic carbocycles.